The minimum absolute atomic E-state index is 0.202. The van der Waals surface area contributed by atoms with Crippen LogP contribution in [0, 0.1) is 11.3 Å². The van der Waals surface area contributed by atoms with Gasteiger partial charge in [0.15, 0.2) is 0 Å². The molecule has 4 nitrogen and oxygen atoms in total. The molecule has 9 heavy (non-hydrogen) atoms. The molecule has 50 valence electrons. The lowest BCUT2D eigenvalue weighted by Gasteiger charge is -1.99. The van der Waals surface area contributed by atoms with Crippen LogP contribution in [-0.4, -0.2) is 17.1 Å². The highest BCUT2D eigenvalue weighted by molar-refractivity contribution is 5.72. The second-order valence-corrected chi connectivity index (χ2v) is 1.64. The maximum atomic E-state index is 9.97. The molecule has 0 aromatic heterocycles. The zero-order valence-corrected chi connectivity index (χ0v) is 4.87. The molecule has 0 aliphatic carbocycles. The average molecular weight is 129 g/mol. The van der Waals surface area contributed by atoms with Gasteiger partial charge in [-0.2, -0.15) is 5.26 Å². The van der Waals surface area contributed by atoms with E-state index in [-0.39, 0.29) is 12.8 Å². The molecule has 0 saturated carbocycles. The predicted octanol–water partition coefficient (Wildman–Crippen LogP) is -0.298. The number of rotatable bonds is 3. The van der Waals surface area contributed by atoms with Gasteiger partial charge in [0.1, 0.15) is 6.04 Å². The largest absolute Gasteiger partial charge is 0.480 e. The Kier molecular flexibility index (Phi) is 3.40. The summed E-state index contributed by atoms with van der Waals surface area (Å²) >= 11 is 0. The van der Waals surface area contributed by atoms with Crippen LogP contribution >= 0.6 is 0 Å². The molecular weight excluding hydrogens is 121 g/mol. The molecule has 0 aromatic rings. The van der Waals surface area contributed by atoms with Crippen LogP contribution in [0.1, 0.15) is 12.8 Å². The van der Waals surface area contributed by atoms with E-state index in [2.05, 4.69) is 0 Å². The average Bonchev–Trinajstić information content (AvgIpc) is 1.82. The van der Waals surface area contributed by atoms with E-state index in [1.54, 1.807) is 0 Å². The number of carbonyl (C=O) groups is 1. The van der Waals surface area contributed by atoms with Crippen LogP contribution in [0.2, 0.25) is 0 Å². The Morgan fingerprint density at radius 3 is 2.78 bits per heavy atom. The number of nitrogens with two attached hydrogens (primary N) is 1. The third-order valence-corrected chi connectivity index (χ3v) is 0.884. The van der Waals surface area contributed by atoms with E-state index in [1.165, 1.54) is 0 Å². The molecule has 0 spiro atoms. The second-order valence-electron chi connectivity index (χ2n) is 1.64. The fourth-order valence-corrected chi connectivity index (χ4v) is 0.344. The molecule has 1 atom stereocenters. The zero-order valence-electron chi connectivity index (χ0n) is 4.87. The SMILES string of the molecule is N#CCC[C@H](N)[13C](=O)O. The minimum Gasteiger partial charge on any atom is -0.480 e. The van der Waals surface area contributed by atoms with E-state index in [1.807, 2.05) is 6.07 Å². The van der Waals surface area contributed by atoms with Crippen molar-refractivity contribution in [1.29, 1.82) is 5.26 Å². The van der Waals surface area contributed by atoms with Crippen LogP contribution in [0.15, 0.2) is 0 Å². The van der Waals surface area contributed by atoms with Gasteiger partial charge in [-0.3, -0.25) is 4.79 Å². The summed E-state index contributed by atoms with van der Waals surface area (Å²) in [5.74, 6) is -1.05. The molecule has 0 radical (unpaired) electrons. The first kappa shape index (κ1) is 7.92. The van der Waals surface area contributed by atoms with Crippen molar-refractivity contribution in [1.82, 2.24) is 0 Å². The summed E-state index contributed by atoms with van der Waals surface area (Å²) in [6.07, 6.45) is 0.430. The van der Waals surface area contributed by atoms with Crippen molar-refractivity contribution < 1.29 is 9.90 Å². The Hall–Kier alpha value is -1.08. The summed E-state index contributed by atoms with van der Waals surface area (Å²) < 4.78 is 0. The van der Waals surface area contributed by atoms with Crippen LogP contribution in [0.25, 0.3) is 0 Å². The second kappa shape index (κ2) is 3.87. The van der Waals surface area contributed by atoms with Crippen molar-refractivity contribution in [3.8, 4) is 6.07 Å². The van der Waals surface area contributed by atoms with Crippen molar-refractivity contribution in [2.75, 3.05) is 0 Å². The summed E-state index contributed by atoms with van der Waals surface area (Å²) in [6, 6.07) is 0.926. The molecule has 4 heteroatoms. The Bertz CT molecular complexity index is 138. The third kappa shape index (κ3) is 3.50. The van der Waals surface area contributed by atoms with Crippen molar-refractivity contribution in [3.05, 3.63) is 0 Å². The van der Waals surface area contributed by atoms with Gasteiger partial charge in [0.05, 0.1) is 6.07 Å². The number of carboxylic acids is 1. The van der Waals surface area contributed by atoms with E-state index in [0.717, 1.165) is 0 Å². The Labute approximate surface area is 52.9 Å². The lowest BCUT2D eigenvalue weighted by atomic mass is 10.2. The van der Waals surface area contributed by atoms with Crippen molar-refractivity contribution in [2.45, 2.75) is 18.9 Å². The van der Waals surface area contributed by atoms with Gasteiger partial charge in [0.25, 0.3) is 0 Å². The van der Waals surface area contributed by atoms with Crippen LogP contribution in [0.4, 0.5) is 0 Å². The smallest absolute Gasteiger partial charge is 0.320 e. The molecule has 0 amide bonds. The van der Waals surface area contributed by atoms with Crippen LogP contribution in [0.3, 0.4) is 0 Å². The van der Waals surface area contributed by atoms with Crippen LogP contribution < -0.4 is 5.73 Å². The van der Waals surface area contributed by atoms with Gasteiger partial charge < -0.3 is 10.8 Å². The number of carboxylic acid groups (broad SMARTS) is 1. The molecule has 0 bridgehead atoms. The monoisotopic (exact) mass is 129 g/mol. The van der Waals surface area contributed by atoms with E-state index in [0.29, 0.717) is 0 Å². The van der Waals surface area contributed by atoms with Crippen molar-refractivity contribution in [2.24, 2.45) is 5.73 Å². The number of nitrogens with zero attached hydrogens (tertiary/aromatic N) is 1. The first-order valence-corrected chi connectivity index (χ1v) is 2.54. The normalized spacial score (nSPS) is 12.0. The molecule has 0 aliphatic rings. The Morgan fingerprint density at radius 2 is 2.44 bits per heavy atom. The van der Waals surface area contributed by atoms with Gasteiger partial charge in [0.2, 0.25) is 0 Å². The fraction of sp³-hybridized carbons (Fsp3) is 0.600. The molecule has 3 N–H and O–H groups in total. The van der Waals surface area contributed by atoms with Gasteiger partial charge in [-0.05, 0) is 6.42 Å². The first-order chi connectivity index (χ1) is 4.18. The highest BCUT2D eigenvalue weighted by atomic mass is 16.5. The van der Waals surface area contributed by atoms with Crippen molar-refractivity contribution in [3.63, 3.8) is 0 Å². The lowest BCUT2D eigenvalue weighted by molar-refractivity contribution is -0.138. The van der Waals surface area contributed by atoms with E-state index < -0.39 is 12.0 Å². The Balaban J connectivity index is 3.41. The van der Waals surface area contributed by atoms with Gasteiger partial charge in [-0.15, -0.1) is 0 Å². The lowest BCUT2D eigenvalue weighted by Crippen LogP contribution is -2.29. The number of nitriles is 1. The number of aliphatic carboxylic acids is 1. The predicted molar refractivity (Wildman–Crippen MR) is 30.5 cm³/mol. The molecule has 0 unspecified atom stereocenters. The van der Waals surface area contributed by atoms with Gasteiger partial charge in [0, 0.05) is 6.42 Å². The fourth-order valence-electron chi connectivity index (χ4n) is 0.344. The highest BCUT2D eigenvalue weighted by Crippen LogP contribution is 1.91. The van der Waals surface area contributed by atoms with Gasteiger partial charge in [-0.1, -0.05) is 0 Å². The number of hydrogen-bond donors (Lipinski definition) is 2. The zero-order chi connectivity index (χ0) is 7.28. The van der Waals surface area contributed by atoms with Crippen LogP contribution in [-0.2, 0) is 4.79 Å². The maximum absolute atomic E-state index is 9.97. The summed E-state index contributed by atoms with van der Waals surface area (Å²) in [7, 11) is 0. The molecule has 0 rings (SSSR count). The molecule has 0 heterocycles. The summed E-state index contributed by atoms with van der Waals surface area (Å²) in [5.41, 5.74) is 5.05. The topological polar surface area (TPSA) is 87.1 Å². The first-order valence-electron chi connectivity index (χ1n) is 2.54. The van der Waals surface area contributed by atoms with Gasteiger partial charge in [-0.25, -0.2) is 0 Å². The number of hydrogen-bond acceptors (Lipinski definition) is 3. The third-order valence-electron chi connectivity index (χ3n) is 0.884. The van der Waals surface area contributed by atoms with E-state index >= 15 is 0 Å². The standard InChI is InChI=1S/C5H8N2O2/c6-3-1-2-4(7)5(8)9/h4H,1-2,7H2,(H,8,9)/t4-/m0/s1/i5+1. The highest BCUT2D eigenvalue weighted by Gasteiger charge is 2.09. The molecular formula is C5H8N2O2. The maximum Gasteiger partial charge on any atom is 0.320 e. The molecule has 0 aliphatic heterocycles. The Morgan fingerprint density at radius 1 is 1.89 bits per heavy atom. The minimum atomic E-state index is -1.05. The summed E-state index contributed by atoms with van der Waals surface area (Å²) in [6.45, 7) is 0. The van der Waals surface area contributed by atoms with E-state index in [4.69, 9.17) is 16.1 Å². The summed E-state index contributed by atoms with van der Waals surface area (Å²) in [4.78, 5) is 9.97. The van der Waals surface area contributed by atoms with Crippen LogP contribution in [0.5, 0.6) is 0 Å². The molecule has 0 saturated heterocycles. The molecule has 0 fully saturated rings. The molecule has 0 aromatic carbocycles. The van der Waals surface area contributed by atoms with E-state index in [9.17, 15) is 4.79 Å². The van der Waals surface area contributed by atoms with Crippen molar-refractivity contribution >= 4 is 5.97 Å². The quantitative estimate of drug-likeness (QED) is 0.512. The summed E-state index contributed by atoms with van der Waals surface area (Å²) in [5, 5.41) is 16.2. The van der Waals surface area contributed by atoms with Gasteiger partial charge >= 0.3 is 5.97 Å².